The van der Waals surface area contributed by atoms with Gasteiger partial charge in [0.1, 0.15) is 0 Å². The molecule has 0 spiro atoms. The van der Waals surface area contributed by atoms with Crippen LogP contribution in [0, 0.1) is 20.8 Å². The van der Waals surface area contributed by atoms with Crippen LogP contribution in [-0.2, 0) is 4.79 Å². The van der Waals surface area contributed by atoms with Crippen LogP contribution in [0.5, 0.6) is 0 Å². The van der Waals surface area contributed by atoms with Crippen LogP contribution in [0.3, 0.4) is 0 Å². The highest BCUT2D eigenvalue weighted by Gasteiger charge is 2.34. The zero-order chi connectivity index (χ0) is 15.4. The summed E-state index contributed by atoms with van der Waals surface area (Å²) in [5, 5.41) is 3.19. The molecule has 2 N–H and O–H groups in total. The average molecular weight is 289 g/mol. The average Bonchev–Trinajstić information content (AvgIpc) is 2.88. The summed E-state index contributed by atoms with van der Waals surface area (Å²) in [4.78, 5) is 14.1. The Morgan fingerprint density at radius 3 is 2.57 bits per heavy atom. The van der Waals surface area contributed by atoms with E-state index >= 15 is 0 Å². The molecule has 3 nitrogen and oxygen atoms in total. The summed E-state index contributed by atoms with van der Waals surface area (Å²) in [5.74, 6) is 0.202. The van der Waals surface area contributed by atoms with Crippen molar-refractivity contribution >= 4 is 11.6 Å². The van der Waals surface area contributed by atoms with Crippen LogP contribution in [0.25, 0.3) is 0 Å². The van der Waals surface area contributed by atoms with Crippen molar-refractivity contribution in [2.24, 2.45) is 0 Å². The highest BCUT2D eigenvalue weighted by Crippen LogP contribution is 2.22. The molecule has 1 amide bonds. The molecule has 1 unspecified atom stereocenters. The van der Waals surface area contributed by atoms with Crippen molar-refractivity contribution in [1.82, 2.24) is 0 Å². The molecule has 0 radical (unpaired) electrons. The Morgan fingerprint density at radius 2 is 1.95 bits per heavy atom. The highest BCUT2D eigenvalue weighted by molar-refractivity contribution is 5.95. The summed E-state index contributed by atoms with van der Waals surface area (Å²) >= 11 is 0. The number of carbonyl (C=O) groups excluding carboxylic acids is 1. The van der Waals surface area contributed by atoms with Crippen molar-refractivity contribution in [2.45, 2.75) is 59.4 Å². The minimum absolute atomic E-state index is 0.136. The predicted octanol–water partition coefficient (Wildman–Crippen LogP) is 2.40. The zero-order valence-corrected chi connectivity index (χ0v) is 13.9. The number of likely N-dealkylation sites (tertiary alicyclic amines) is 1. The van der Waals surface area contributed by atoms with Gasteiger partial charge in [-0.1, -0.05) is 31.0 Å². The van der Waals surface area contributed by atoms with E-state index in [1.807, 2.05) is 0 Å². The van der Waals surface area contributed by atoms with Crippen LogP contribution >= 0.6 is 0 Å². The van der Waals surface area contributed by atoms with Crippen molar-refractivity contribution in [3.05, 3.63) is 28.8 Å². The molecule has 1 heterocycles. The number of aryl methyl sites for hydroxylation is 3. The minimum Gasteiger partial charge on any atom is -0.325 e. The van der Waals surface area contributed by atoms with Gasteiger partial charge in [-0.25, -0.2) is 0 Å². The van der Waals surface area contributed by atoms with E-state index in [0.29, 0.717) is 0 Å². The second-order valence-electron chi connectivity index (χ2n) is 6.47. The van der Waals surface area contributed by atoms with Gasteiger partial charge in [0.05, 0.1) is 13.1 Å². The first-order chi connectivity index (χ1) is 10.0. The number of amides is 1. The lowest BCUT2D eigenvalue weighted by atomic mass is 10.0. The molecule has 0 bridgehead atoms. The van der Waals surface area contributed by atoms with Gasteiger partial charge in [-0.2, -0.15) is 0 Å². The van der Waals surface area contributed by atoms with E-state index in [1.54, 1.807) is 0 Å². The van der Waals surface area contributed by atoms with Crippen LogP contribution in [0.1, 0.15) is 49.3 Å². The summed E-state index contributed by atoms with van der Waals surface area (Å²) < 4.78 is 0. The van der Waals surface area contributed by atoms with Gasteiger partial charge in [-0.05, 0) is 38.3 Å². The van der Waals surface area contributed by atoms with Gasteiger partial charge < -0.3 is 10.2 Å². The first kappa shape index (κ1) is 16.0. The van der Waals surface area contributed by atoms with Gasteiger partial charge in [0.15, 0.2) is 6.04 Å². The van der Waals surface area contributed by atoms with E-state index in [1.165, 1.54) is 29.7 Å². The molecule has 1 aliphatic heterocycles. The monoisotopic (exact) mass is 289 g/mol. The molecule has 1 aromatic rings. The molecule has 1 aliphatic rings. The fourth-order valence-electron chi connectivity index (χ4n) is 3.52. The summed E-state index contributed by atoms with van der Waals surface area (Å²) in [6.07, 6.45) is 4.60. The van der Waals surface area contributed by atoms with E-state index in [9.17, 15) is 4.79 Å². The van der Waals surface area contributed by atoms with Crippen LogP contribution in [-0.4, -0.2) is 25.0 Å². The van der Waals surface area contributed by atoms with Crippen LogP contribution < -0.4 is 10.2 Å². The lowest BCUT2D eigenvalue weighted by Crippen LogP contribution is -3.14. The molecular formula is C18H29N2O+. The number of benzene rings is 1. The van der Waals surface area contributed by atoms with E-state index in [-0.39, 0.29) is 11.9 Å². The molecular weight excluding hydrogens is 260 g/mol. The van der Waals surface area contributed by atoms with Crippen LogP contribution in [0.15, 0.2) is 12.1 Å². The number of nitrogens with one attached hydrogen (secondary N) is 2. The first-order valence-corrected chi connectivity index (χ1v) is 8.26. The predicted molar refractivity (Wildman–Crippen MR) is 87.9 cm³/mol. The van der Waals surface area contributed by atoms with Gasteiger partial charge in [-0.15, -0.1) is 0 Å². The second kappa shape index (κ2) is 7.08. The Labute approximate surface area is 128 Å². The molecule has 2 atom stereocenters. The Kier molecular flexibility index (Phi) is 5.40. The van der Waals surface area contributed by atoms with Crippen molar-refractivity contribution < 1.29 is 9.69 Å². The van der Waals surface area contributed by atoms with Crippen molar-refractivity contribution in [2.75, 3.05) is 18.4 Å². The molecule has 0 aromatic heterocycles. The van der Waals surface area contributed by atoms with Crippen LogP contribution in [0.4, 0.5) is 5.69 Å². The molecule has 116 valence electrons. The Hall–Kier alpha value is -1.35. The summed E-state index contributed by atoms with van der Waals surface area (Å²) in [6.45, 7) is 10.7. The molecule has 1 saturated heterocycles. The van der Waals surface area contributed by atoms with E-state index in [0.717, 1.165) is 36.3 Å². The maximum Gasteiger partial charge on any atom is 0.282 e. The van der Waals surface area contributed by atoms with Gasteiger partial charge >= 0.3 is 0 Å². The summed E-state index contributed by atoms with van der Waals surface area (Å²) in [6, 6.07) is 4.41. The number of anilines is 1. The third-order valence-corrected chi connectivity index (χ3v) is 4.58. The lowest BCUT2D eigenvalue weighted by molar-refractivity contribution is -0.903. The number of hydrogen-bond donors (Lipinski definition) is 2. The Balaban J connectivity index is 2.07. The smallest absolute Gasteiger partial charge is 0.282 e. The molecule has 3 heteroatoms. The Bertz CT molecular complexity index is 487. The van der Waals surface area contributed by atoms with Crippen molar-refractivity contribution in [3.8, 4) is 0 Å². The molecule has 0 aliphatic carbocycles. The largest absolute Gasteiger partial charge is 0.325 e. The topological polar surface area (TPSA) is 33.5 Å². The quantitative estimate of drug-likeness (QED) is 0.857. The van der Waals surface area contributed by atoms with Crippen molar-refractivity contribution in [1.29, 1.82) is 0 Å². The SMILES string of the molecule is CCCC[NH+]1CCC[C@H]1C(=O)Nc1c(C)cc(C)cc1C. The number of rotatable bonds is 5. The zero-order valence-electron chi connectivity index (χ0n) is 13.9. The normalized spacial score (nSPS) is 21.5. The first-order valence-electron chi connectivity index (χ1n) is 8.26. The maximum absolute atomic E-state index is 12.6. The van der Waals surface area contributed by atoms with Gasteiger partial charge in [-0.3, -0.25) is 4.79 Å². The molecule has 21 heavy (non-hydrogen) atoms. The van der Waals surface area contributed by atoms with Crippen molar-refractivity contribution in [3.63, 3.8) is 0 Å². The lowest BCUT2D eigenvalue weighted by Gasteiger charge is -2.22. The number of carbonyl (C=O) groups is 1. The highest BCUT2D eigenvalue weighted by atomic mass is 16.2. The number of quaternary nitrogens is 1. The van der Waals surface area contributed by atoms with E-state index < -0.39 is 0 Å². The van der Waals surface area contributed by atoms with E-state index in [4.69, 9.17) is 0 Å². The molecule has 1 aromatic carbocycles. The summed E-state index contributed by atoms with van der Waals surface area (Å²) in [5.41, 5.74) is 4.58. The third-order valence-electron chi connectivity index (χ3n) is 4.58. The van der Waals surface area contributed by atoms with Gasteiger partial charge in [0.2, 0.25) is 0 Å². The molecule has 1 fully saturated rings. The van der Waals surface area contributed by atoms with Gasteiger partial charge in [0, 0.05) is 18.5 Å². The standard InChI is InChI=1S/C18H28N2O/c1-5-6-9-20-10-7-8-16(20)18(21)19-17-14(3)11-13(2)12-15(17)4/h11-12,16H,5-10H2,1-4H3,(H,19,21)/p+1/t16-/m0/s1. The second-order valence-corrected chi connectivity index (χ2v) is 6.47. The third kappa shape index (κ3) is 3.85. The van der Waals surface area contributed by atoms with Crippen LogP contribution in [0.2, 0.25) is 0 Å². The molecule has 2 rings (SSSR count). The molecule has 0 saturated carbocycles. The minimum atomic E-state index is 0.136. The summed E-state index contributed by atoms with van der Waals surface area (Å²) in [7, 11) is 0. The number of unbranched alkanes of at least 4 members (excludes halogenated alkanes) is 1. The maximum atomic E-state index is 12.6. The number of hydrogen-bond acceptors (Lipinski definition) is 1. The van der Waals surface area contributed by atoms with E-state index in [2.05, 4.69) is 45.1 Å². The Morgan fingerprint density at radius 1 is 1.29 bits per heavy atom. The van der Waals surface area contributed by atoms with Gasteiger partial charge in [0.25, 0.3) is 5.91 Å². The fraction of sp³-hybridized carbons (Fsp3) is 0.611. The fourth-order valence-corrected chi connectivity index (χ4v) is 3.52.